The van der Waals surface area contributed by atoms with Crippen molar-refractivity contribution in [2.24, 2.45) is 5.92 Å². The number of fused-ring (bicyclic) bond motifs is 1. The van der Waals surface area contributed by atoms with Crippen LogP contribution >= 0.6 is 0 Å². The van der Waals surface area contributed by atoms with Crippen molar-refractivity contribution in [3.8, 4) is 0 Å². The standard InChI is InChI=1S/C12H20N3O2/c1-8(2)6-12(13)7-14-5-4-10(9(3)16)15(14)11(12)17/h8,10,13H,4-7H2,1-3H3. The molecule has 0 aromatic rings. The van der Waals surface area contributed by atoms with Crippen LogP contribution < -0.4 is 5.73 Å². The van der Waals surface area contributed by atoms with E-state index in [1.165, 1.54) is 11.9 Å². The normalized spacial score (nSPS) is 33.6. The fraction of sp³-hybridized carbons (Fsp3) is 0.833. The van der Waals surface area contributed by atoms with Crippen molar-refractivity contribution in [3.05, 3.63) is 0 Å². The first-order valence-electron chi connectivity index (χ1n) is 6.19. The zero-order valence-electron chi connectivity index (χ0n) is 10.7. The number of ketones is 1. The SMILES string of the molecule is CC(=O)C1CCN2CC([NH])(CC(C)C)C(=O)N12. The first-order chi connectivity index (χ1) is 7.85. The third-order valence-corrected chi connectivity index (χ3v) is 3.56. The fourth-order valence-corrected chi connectivity index (χ4v) is 2.95. The van der Waals surface area contributed by atoms with Crippen molar-refractivity contribution in [1.29, 1.82) is 0 Å². The molecule has 2 heterocycles. The Hall–Kier alpha value is -0.940. The summed E-state index contributed by atoms with van der Waals surface area (Å²) in [7, 11) is 0. The van der Waals surface area contributed by atoms with Gasteiger partial charge in [0.05, 0.1) is 0 Å². The summed E-state index contributed by atoms with van der Waals surface area (Å²) in [6.45, 7) is 6.71. The second-order valence-corrected chi connectivity index (χ2v) is 5.63. The average molecular weight is 238 g/mol. The highest BCUT2D eigenvalue weighted by Gasteiger charge is 2.54. The van der Waals surface area contributed by atoms with Crippen molar-refractivity contribution in [2.45, 2.75) is 45.2 Å². The van der Waals surface area contributed by atoms with Crippen molar-refractivity contribution in [1.82, 2.24) is 15.8 Å². The van der Waals surface area contributed by atoms with Crippen LogP contribution in [0.1, 0.15) is 33.6 Å². The molecule has 2 saturated heterocycles. The Labute approximate surface area is 102 Å². The van der Waals surface area contributed by atoms with Gasteiger partial charge in [0, 0.05) is 13.1 Å². The zero-order chi connectivity index (χ0) is 12.8. The summed E-state index contributed by atoms with van der Waals surface area (Å²) < 4.78 is 0. The molecule has 1 N–H and O–H groups in total. The van der Waals surface area contributed by atoms with Gasteiger partial charge in [-0.3, -0.25) is 14.6 Å². The van der Waals surface area contributed by atoms with Gasteiger partial charge < -0.3 is 0 Å². The molecule has 2 rings (SSSR count). The van der Waals surface area contributed by atoms with E-state index in [9.17, 15) is 9.59 Å². The fourth-order valence-electron chi connectivity index (χ4n) is 2.95. The minimum Gasteiger partial charge on any atom is -0.298 e. The van der Waals surface area contributed by atoms with Crippen LogP contribution in [0.2, 0.25) is 0 Å². The maximum Gasteiger partial charge on any atom is 0.260 e. The number of nitrogens with zero attached hydrogens (tertiary/aromatic N) is 2. The Morgan fingerprint density at radius 1 is 1.59 bits per heavy atom. The largest absolute Gasteiger partial charge is 0.298 e. The summed E-state index contributed by atoms with van der Waals surface area (Å²) in [6, 6.07) is -0.332. The quantitative estimate of drug-likeness (QED) is 0.718. The Morgan fingerprint density at radius 2 is 2.24 bits per heavy atom. The maximum atomic E-state index is 12.3. The van der Waals surface area contributed by atoms with Gasteiger partial charge >= 0.3 is 0 Å². The third-order valence-electron chi connectivity index (χ3n) is 3.56. The molecule has 2 aliphatic heterocycles. The van der Waals surface area contributed by atoms with Crippen LogP contribution in [0, 0.1) is 5.92 Å². The molecule has 0 bridgehead atoms. The molecule has 17 heavy (non-hydrogen) atoms. The van der Waals surface area contributed by atoms with E-state index in [-0.39, 0.29) is 17.7 Å². The van der Waals surface area contributed by atoms with Gasteiger partial charge in [0.25, 0.3) is 5.91 Å². The molecule has 0 aromatic carbocycles. The van der Waals surface area contributed by atoms with E-state index in [0.29, 0.717) is 31.8 Å². The molecule has 2 fully saturated rings. The van der Waals surface area contributed by atoms with Gasteiger partial charge in [-0.25, -0.2) is 10.7 Å². The Morgan fingerprint density at radius 3 is 2.76 bits per heavy atom. The second-order valence-electron chi connectivity index (χ2n) is 5.63. The van der Waals surface area contributed by atoms with Gasteiger partial charge in [-0.2, -0.15) is 0 Å². The number of carbonyl (C=O) groups is 2. The minimum atomic E-state index is -1.05. The molecule has 2 aliphatic rings. The van der Waals surface area contributed by atoms with Gasteiger partial charge in [-0.05, 0) is 25.7 Å². The van der Waals surface area contributed by atoms with Crippen molar-refractivity contribution in [2.75, 3.05) is 13.1 Å². The number of nitrogens with one attached hydrogen (secondary N) is 1. The first kappa shape index (κ1) is 12.5. The van der Waals surface area contributed by atoms with Crippen molar-refractivity contribution < 1.29 is 9.59 Å². The lowest BCUT2D eigenvalue weighted by Crippen LogP contribution is -2.47. The van der Waals surface area contributed by atoms with Crippen LogP contribution in [0.25, 0.3) is 0 Å². The number of hydrogen-bond acceptors (Lipinski definition) is 3. The monoisotopic (exact) mass is 238 g/mol. The average Bonchev–Trinajstić information content (AvgIpc) is 2.66. The topological polar surface area (TPSA) is 64.4 Å². The Balaban J connectivity index is 2.20. The van der Waals surface area contributed by atoms with Gasteiger partial charge in [0.2, 0.25) is 0 Å². The predicted molar refractivity (Wildman–Crippen MR) is 62.8 cm³/mol. The third kappa shape index (κ3) is 1.98. The number of Topliss-reactive ketones (excluding diaryl/α,β-unsaturated/α-hetero) is 1. The lowest BCUT2D eigenvalue weighted by Gasteiger charge is -2.25. The molecule has 0 spiro atoms. The van der Waals surface area contributed by atoms with Crippen LogP contribution in [-0.2, 0) is 9.59 Å². The van der Waals surface area contributed by atoms with Gasteiger partial charge in [0.15, 0.2) is 5.78 Å². The number of hydrogen-bond donors (Lipinski definition) is 0. The molecule has 0 aliphatic carbocycles. The Kier molecular flexibility index (Phi) is 2.99. The smallest absolute Gasteiger partial charge is 0.260 e. The number of rotatable bonds is 3. The van der Waals surface area contributed by atoms with Crippen LogP contribution in [0.15, 0.2) is 0 Å². The summed E-state index contributed by atoms with van der Waals surface area (Å²) >= 11 is 0. The molecule has 2 atom stereocenters. The molecule has 5 nitrogen and oxygen atoms in total. The maximum absolute atomic E-state index is 12.3. The summed E-state index contributed by atoms with van der Waals surface area (Å²) in [5, 5.41) is 3.42. The van der Waals surface area contributed by atoms with Crippen LogP contribution in [0.3, 0.4) is 0 Å². The van der Waals surface area contributed by atoms with Crippen molar-refractivity contribution >= 4 is 11.7 Å². The highest BCUT2D eigenvalue weighted by Crippen LogP contribution is 2.34. The molecule has 2 unspecified atom stereocenters. The van der Waals surface area contributed by atoms with Crippen LogP contribution in [-0.4, -0.2) is 46.4 Å². The van der Waals surface area contributed by atoms with E-state index in [0.717, 1.165) is 0 Å². The second kappa shape index (κ2) is 4.07. The summed E-state index contributed by atoms with van der Waals surface area (Å²) in [5.74, 6) is 0.145. The summed E-state index contributed by atoms with van der Waals surface area (Å²) in [6.07, 6.45) is 1.27. The highest BCUT2D eigenvalue weighted by atomic mass is 16.2. The molecule has 5 heteroatoms. The molecule has 1 amide bonds. The van der Waals surface area contributed by atoms with E-state index in [1.54, 1.807) is 0 Å². The van der Waals surface area contributed by atoms with Crippen LogP contribution in [0.5, 0.6) is 0 Å². The van der Waals surface area contributed by atoms with E-state index >= 15 is 0 Å². The zero-order valence-corrected chi connectivity index (χ0v) is 10.7. The van der Waals surface area contributed by atoms with Gasteiger partial charge in [0.1, 0.15) is 11.6 Å². The van der Waals surface area contributed by atoms with Gasteiger partial charge in [-0.15, -0.1) is 0 Å². The van der Waals surface area contributed by atoms with E-state index in [1.807, 2.05) is 18.9 Å². The van der Waals surface area contributed by atoms with E-state index in [2.05, 4.69) is 0 Å². The van der Waals surface area contributed by atoms with Gasteiger partial charge in [-0.1, -0.05) is 13.8 Å². The number of hydrazine groups is 1. The molecular formula is C12H20N3O2. The summed E-state index contributed by atoms with van der Waals surface area (Å²) in [4.78, 5) is 23.8. The highest BCUT2D eigenvalue weighted by molar-refractivity contribution is 5.93. The van der Waals surface area contributed by atoms with Crippen LogP contribution in [0.4, 0.5) is 0 Å². The van der Waals surface area contributed by atoms with Crippen molar-refractivity contribution in [3.63, 3.8) is 0 Å². The molecule has 0 saturated carbocycles. The number of amides is 1. The Bertz CT molecular complexity index is 356. The number of carbonyl (C=O) groups excluding carboxylic acids is 2. The first-order valence-corrected chi connectivity index (χ1v) is 6.19. The molecular weight excluding hydrogens is 218 g/mol. The predicted octanol–water partition coefficient (Wildman–Crippen LogP) is 0.475. The molecule has 0 aromatic heterocycles. The van der Waals surface area contributed by atoms with E-state index in [4.69, 9.17) is 5.73 Å². The molecule has 1 radical (unpaired) electrons. The lowest BCUT2D eigenvalue weighted by atomic mass is 9.89. The summed E-state index contributed by atoms with van der Waals surface area (Å²) in [5.41, 5.74) is 7.25. The minimum absolute atomic E-state index is 0.0228. The lowest BCUT2D eigenvalue weighted by molar-refractivity contribution is -0.145. The molecule has 95 valence electrons. The van der Waals surface area contributed by atoms with E-state index < -0.39 is 5.54 Å².